The summed E-state index contributed by atoms with van der Waals surface area (Å²) in [5.74, 6) is 7.50. The second kappa shape index (κ2) is 5.87. The van der Waals surface area contributed by atoms with Crippen LogP contribution in [0.2, 0.25) is 0 Å². The van der Waals surface area contributed by atoms with E-state index >= 15 is 0 Å². The monoisotopic (exact) mass is 267 g/mol. The first-order valence-corrected chi connectivity index (χ1v) is 7.11. The first kappa shape index (κ1) is 12.9. The number of aromatic amines is 1. The highest BCUT2D eigenvalue weighted by Crippen LogP contribution is 2.21. The Hall–Kier alpha value is -1.54. The number of hydrazine groups is 1. The van der Waals surface area contributed by atoms with E-state index in [0.29, 0.717) is 17.6 Å². The first-order valence-electron chi connectivity index (χ1n) is 5.71. The van der Waals surface area contributed by atoms with Crippen molar-refractivity contribution >= 4 is 34.6 Å². The van der Waals surface area contributed by atoms with Gasteiger partial charge in [-0.05, 0) is 12.7 Å². The van der Waals surface area contributed by atoms with Gasteiger partial charge in [-0.25, -0.2) is 5.84 Å². The molecule has 0 aromatic carbocycles. The number of aromatic nitrogens is 4. The number of rotatable bonds is 6. The number of anilines is 2. The number of H-pyrrole nitrogens is 1. The lowest BCUT2D eigenvalue weighted by atomic mass is 10.2. The molecule has 2 heterocycles. The zero-order valence-electron chi connectivity index (χ0n) is 10.4. The zero-order valence-corrected chi connectivity index (χ0v) is 11.2. The van der Waals surface area contributed by atoms with Gasteiger partial charge in [-0.15, -0.1) is 0 Å². The minimum Gasteiger partial charge on any atom is -0.366 e. The molecule has 8 heteroatoms. The van der Waals surface area contributed by atoms with Crippen molar-refractivity contribution in [2.45, 2.75) is 19.4 Å². The first-order chi connectivity index (χ1) is 8.78. The summed E-state index contributed by atoms with van der Waals surface area (Å²) in [4.78, 5) is 8.52. The fourth-order valence-corrected chi connectivity index (χ4v) is 2.39. The molecule has 0 aliphatic rings. The average Bonchev–Trinajstić information content (AvgIpc) is 2.86. The topological polar surface area (TPSA) is 105 Å². The summed E-state index contributed by atoms with van der Waals surface area (Å²) in [7, 11) is 0. The van der Waals surface area contributed by atoms with Gasteiger partial charge in [0.15, 0.2) is 5.65 Å². The Morgan fingerprint density at radius 3 is 3.00 bits per heavy atom. The summed E-state index contributed by atoms with van der Waals surface area (Å²) in [5, 5.41) is 11.1. The van der Waals surface area contributed by atoms with Gasteiger partial charge >= 0.3 is 0 Å². The standard InChI is InChI=1S/C10H17N7S/c1-3-6(5-18-2)13-8-7-4-12-17-9(7)15-10(14-8)16-11/h4,6H,3,5,11H2,1-2H3,(H3,12,13,14,15,16,17). The number of hydrogen-bond acceptors (Lipinski definition) is 7. The van der Waals surface area contributed by atoms with Gasteiger partial charge in [0.2, 0.25) is 5.95 Å². The van der Waals surface area contributed by atoms with Crippen LogP contribution in [0.15, 0.2) is 6.20 Å². The Kier molecular flexibility index (Phi) is 4.21. The SMILES string of the molecule is CCC(CSC)Nc1nc(NN)nc2[nH]ncc12. The van der Waals surface area contributed by atoms with E-state index in [1.807, 2.05) is 0 Å². The van der Waals surface area contributed by atoms with Gasteiger partial charge in [-0.1, -0.05) is 6.92 Å². The Morgan fingerprint density at radius 1 is 1.50 bits per heavy atom. The van der Waals surface area contributed by atoms with E-state index in [2.05, 4.69) is 44.1 Å². The highest BCUT2D eigenvalue weighted by atomic mass is 32.2. The average molecular weight is 267 g/mol. The van der Waals surface area contributed by atoms with Gasteiger partial charge in [0.25, 0.3) is 0 Å². The fraction of sp³-hybridized carbons (Fsp3) is 0.500. The Labute approximate surface area is 109 Å². The number of nitrogens with two attached hydrogens (primary N) is 1. The van der Waals surface area contributed by atoms with Crippen LogP contribution in [0.5, 0.6) is 0 Å². The molecular weight excluding hydrogens is 250 g/mol. The largest absolute Gasteiger partial charge is 0.366 e. The summed E-state index contributed by atoms with van der Waals surface area (Å²) in [5.41, 5.74) is 3.12. The minimum absolute atomic E-state index is 0.360. The van der Waals surface area contributed by atoms with Gasteiger partial charge in [0.1, 0.15) is 5.82 Å². The molecule has 0 aliphatic carbocycles. The van der Waals surface area contributed by atoms with Crippen molar-refractivity contribution in [1.29, 1.82) is 0 Å². The van der Waals surface area contributed by atoms with Crippen LogP contribution in [0, 0.1) is 0 Å². The van der Waals surface area contributed by atoms with Crippen LogP contribution in [-0.4, -0.2) is 38.2 Å². The molecule has 1 unspecified atom stereocenters. The van der Waals surface area contributed by atoms with Gasteiger partial charge < -0.3 is 5.32 Å². The molecular formula is C10H17N7S. The highest BCUT2D eigenvalue weighted by molar-refractivity contribution is 7.98. The van der Waals surface area contributed by atoms with Crippen LogP contribution < -0.4 is 16.6 Å². The molecule has 0 fully saturated rings. The van der Waals surface area contributed by atoms with E-state index in [0.717, 1.165) is 23.4 Å². The molecule has 5 N–H and O–H groups in total. The summed E-state index contributed by atoms with van der Waals surface area (Å²) in [6.07, 6.45) is 4.82. The van der Waals surface area contributed by atoms with Gasteiger partial charge in [-0.3, -0.25) is 10.5 Å². The predicted molar refractivity (Wildman–Crippen MR) is 75.6 cm³/mol. The molecule has 1 atom stereocenters. The van der Waals surface area contributed by atoms with Crippen LogP contribution in [0.3, 0.4) is 0 Å². The molecule has 0 bridgehead atoms. The maximum Gasteiger partial charge on any atom is 0.241 e. The fourth-order valence-electron chi connectivity index (χ4n) is 1.67. The van der Waals surface area contributed by atoms with Crippen LogP contribution in [0.25, 0.3) is 11.0 Å². The van der Waals surface area contributed by atoms with Crippen LogP contribution in [-0.2, 0) is 0 Å². The van der Waals surface area contributed by atoms with E-state index in [-0.39, 0.29) is 0 Å². The Morgan fingerprint density at radius 2 is 2.33 bits per heavy atom. The Balaban J connectivity index is 2.32. The normalized spacial score (nSPS) is 12.6. The maximum atomic E-state index is 5.36. The third-order valence-electron chi connectivity index (χ3n) is 2.64. The highest BCUT2D eigenvalue weighted by Gasteiger charge is 2.12. The van der Waals surface area contributed by atoms with Crippen molar-refractivity contribution in [3.8, 4) is 0 Å². The number of nitrogens with zero attached hydrogens (tertiary/aromatic N) is 3. The lowest BCUT2D eigenvalue weighted by Gasteiger charge is -2.17. The summed E-state index contributed by atoms with van der Waals surface area (Å²) in [6, 6.07) is 0.360. The number of nitrogen functional groups attached to an aromatic ring is 1. The summed E-state index contributed by atoms with van der Waals surface area (Å²) >= 11 is 1.80. The molecule has 0 saturated heterocycles. The predicted octanol–water partition coefficient (Wildman–Crippen LogP) is 1.19. The van der Waals surface area contributed by atoms with E-state index in [1.54, 1.807) is 18.0 Å². The molecule has 0 aliphatic heterocycles. The van der Waals surface area contributed by atoms with E-state index < -0.39 is 0 Å². The van der Waals surface area contributed by atoms with Crippen LogP contribution >= 0.6 is 11.8 Å². The Bertz CT molecular complexity index is 512. The second-order valence-electron chi connectivity index (χ2n) is 3.88. The molecule has 7 nitrogen and oxygen atoms in total. The second-order valence-corrected chi connectivity index (χ2v) is 4.79. The molecule has 2 aromatic heterocycles. The van der Waals surface area contributed by atoms with Crippen molar-refractivity contribution in [1.82, 2.24) is 20.2 Å². The molecule has 2 aromatic rings. The quantitative estimate of drug-likeness (QED) is 0.460. The van der Waals surface area contributed by atoms with Gasteiger partial charge in [-0.2, -0.15) is 26.8 Å². The smallest absolute Gasteiger partial charge is 0.241 e. The van der Waals surface area contributed by atoms with Crippen molar-refractivity contribution in [2.24, 2.45) is 5.84 Å². The van der Waals surface area contributed by atoms with Crippen molar-refractivity contribution in [2.75, 3.05) is 22.8 Å². The summed E-state index contributed by atoms with van der Waals surface area (Å²) in [6.45, 7) is 2.14. The van der Waals surface area contributed by atoms with Gasteiger partial charge in [0.05, 0.1) is 11.6 Å². The van der Waals surface area contributed by atoms with Crippen molar-refractivity contribution < 1.29 is 0 Å². The lowest BCUT2D eigenvalue weighted by molar-refractivity contribution is 0.771. The molecule has 18 heavy (non-hydrogen) atoms. The third-order valence-corrected chi connectivity index (χ3v) is 3.38. The number of hydrogen-bond donors (Lipinski definition) is 4. The van der Waals surface area contributed by atoms with E-state index in [1.165, 1.54) is 0 Å². The molecule has 0 saturated carbocycles. The number of thioether (sulfide) groups is 1. The third kappa shape index (κ3) is 2.65. The van der Waals surface area contributed by atoms with Gasteiger partial charge in [0, 0.05) is 11.8 Å². The molecule has 98 valence electrons. The van der Waals surface area contributed by atoms with E-state index in [9.17, 15) is 0 Å². The lowest BCUT2D eigenvalue weighted by Crippen LogP contribution is -2.22. The van der Waals surface area contributed by atoms with Crippen molar-refractivity contribution in [3.05, 3.63) is 6.20 Å². The van der Waals surface area contributed by atoms with Crippen LogP contribution in [0.1, 0.15) is 13.3 Å². The molecule has 0 radical (unpaired) electrons. The molecule has 0 amide bonds. The maximum absolute atomic E-state index is 5.36. The van der Waals surface area contributed by atoms with Crippen molar-refractivity contribution in [3.63, 3.8) is 0 Å². The summed E-state index contributed by atoms with van der Waals surface area (Å²) < 4.78 is 0. The molecule has 2 rings (SSSR count). The number of fused-ring (bicyclic) bond motifs is 1. The number of nitrogens with one attached hydrogen (secondary N) is 3. The van der Waals surface area contributed by atoms with E-state index in [4.69, 9.17) is 5.84 Å². The minimum atomic E-state index is 0.360. The van der Waals surface area contributed by atoms with Crippen LogP contribution in [0.4, 0.5) is 11.8 Å². The molecule has 0 spiro atoms. The zero-order chi connectivity index (χ0) is 13.0.